The van der Waals surface area contributed by atoms with Crippen LogP contribution in [0.5, 0.6) is 0 Å². The van der Waals surface area contributed by atoms with Crippen molar-refractivity contribution in [2.75, 3.05) is 0 Å². The third-order valence-electron chi connectivity index (χ3n) is 10.9. The summed E-state index contributed by atoms with van der Waals surface area (Å²) in [6.07, 6.45) is 11.8. The molecule has 0 aliphatic heterocycles. The van der Waals surface area contributed by atoms with Gasteiger partial charge in [-0.25, -0.2) is 0 Å². The summed E-state index contributed by atoms with van der Waals surface area (Å²) < 4.78 is 28.4. The summed E-state index contributed by atoms with van der Waals surface area (Å²) in [5.41, 5.74) is -0.119. The second kappa shape index (κ2) is 11.0. The molecule has 3 saturated carbocycles. The lowest BCUT2D eigenvalue weighted by Crippen LogP contribution is -2.63. The Labute approximate surface area is 258 Å². The predicted molar refractivity (Wildman–Crippen MR) is 184 cm³/mol. The van der Waals surface area contributed by atoms with E-state index in [1.807, 2.05) is 0 Å². The number of fused-ring (bicyclic) bond motifs is 5. The number of rotatable bonds is 9. The highest BCUT2D eigenvalue weighted by atomic mass is 28.4. The number of allylic oxidation sites excluding steroid dienone is 1. The smallest absolute Gasteiger partial charge is 0.241 e. The molecule has 0 heterocycles. The van der Waals surface area contributed by atoms with Gasteiger partial charge in [-0.2, -0.15) is 0 Å². The zero-order valence-electron chi connectivity index (χ0n) is 29.6. The topological polar surface area (TPSA) is 36.9 Å². The van der Waals surface area contributed by atoms with Crippen molar-refractivity contribution in [2.24, 2.45) is 34.5 Å². The molecule has 0 N–H and O–H groups in total. The van der Waals surface area contributed by atoms with Gasteiger partial charge in [-0.05, 0) is 160 Å². The Morgan fingerprint density at radius 2 is 1.39 bits per heavy atom. The zero-order valence-corrected chi connectivity index (χ0v) is 33.6. The van der Waals surface area contributed by atoms with Gasteiger partial charge in [0, 0.05) is 17.4 Å². The summed E-state index contributed by atoms with van der Waals surface area (Å²) in [5.74, 6) is 3.82. The average Bonchev–Trinajstić information content (AvgIpc) is 3.02. The minimum atomic E-state index is -1.88. The van der Waals surface area contributed by atoms with Crippen molar-refractivity contribution >= 4 is 33.3 Å². The molecule has 0 aromatic rings. The fourth-order valence-corrected chi connectivity index (χ4v) is 14.8. The van der Waals surface area contributed by atoms with Crippen molar-refractivity contribution in [1.82, 2.24) is 0 Å². The van der Waals surface area contributed by atoms with Crippen LogP contribution in [-0.2, 0) is 17.7 Å². The standard InChI is InChI=1S/C33H66O4Si4/c1-24(34-38(4,5)6)33(37-41(13,14)15)21-19-28-27-17-16-25-22-26(35-39(7,8)9)18-20-31(25,2)30(27)29(23-32(28,33)3)36-40(10,11)12/h23-28,30H,16-22H2,1-15H3. The van der Waals surface area contributed by atoms with Gasteiger partial charge in [-0.15, -0.1) is 0 Å². The third kappa shape index (κ3) is 6.93. The highest BCUT2D eigenvalue weighted by Gasteiger charge is 2.68. The molecule has 4 nitrogen and oxygen atoms in total. The summed E-state index contributed by atoms with van der Waals surface area (Å²) in [6.45, 7) is 35.8. The summed E-state index contributed by atoms with van der Waals surface area (Å²) in [4.78, 5) is 0. The Bertz CT molecular complexity index is 989. The van der Waals surface area contributed by atoms with Gasteiger partial charge >= 0.3 is 0 Å². The average molecular weight is 639 g/mol. The molecule has 8 heteroatoms. The van der Waals surface area contributed by atoms with Crippen molar-refractivity contribution in [3.8, 4) is 0 Å². The quantitative estimate of drug-likeness (QED) is 0.236. The molecule has 4 rings (SSSR count). The molecule has 0 aromatic heterocycles. The Kier molecular flexibility index (Phi) is 9.14. The maximum absolute atomic E-state index is 7.45. The van der Waals surface area contributed by atoms with Crippen molar-refractivity contribution in [3.05, 3.63) is 11.8 Å². The summed E-state index contributed by atoms with van der Waals surface area (Å²) in [5, 5.41) is 0. The number of hydrogen-bond acceptors (Lipinski definition) is 4. The van der Waals surface area contributed by atoms with Crippen LogP contribution in [0, 0.1) is 34.5 Å². The highest BCUT2D eigenvalue weighted by Crippen LogP contribution is 2.69. The van der Waals surface area contributed by atoms with Gasteiger partial charge < -0.3 is 17.7 Å². The van der Waals surface area contributed by atoms with E-state index in [1.165, 1.54) is 44.3 Å². The van der Waals surface area contributed by atoms with E-state index in [0.29, 0.717) is 23.9 Å². The van der Waals surface area contributed by atoms with Gasteiger partial charge in [-0.3, -0.25) is 0 Å². The van der Waals surface area contributed by atoms with E-state index in [9.17, 15) is 0 Å². The second-order valence-corrected chi connectivity index (χ2v) is 36.5. The summed E-state index contributed by atoms with van der Waals surface area (Å²) in [7, 11) is -7.02. The lowest BCUT2D eigenvalue weighted by molar-refractivity contribution is -0.137. The van der Waals surface area contributed by atoms with Crippen molar-refractivity contribution in [1.29, 1.82) is 0 Å². The molecule has 9 atom stereocenters. The second-order valence-electron chi connectivity index (χ2n) is 18.7. The minimum Gasteiger partial charge on any atom is -0.547 e. The monoisotopic (exact) mass is 638 g/mol. The van der Waals surface area contributed by atoms with Crippen LogP contribution in [0.3, 0.4) is 0 Å². The molecule has 0 saturated heterocycles. The molecular formula is C33H66O4Si4. The molecule has 41 heavy (non-hydrogen) atoms. The van der Waals surface area contributed by atoms with Crippen molar-refractivity contribution < 1.29 is 17.7 Å². The Hall–Kier alpha value is 0.288. The first kappa shape index (κ1) is 34.2. The molecular weight excluding hydrogens is 573 g/mol. The molecule has 3 fully saturated rings. The molecule has 0 radical (unpaired) electrons. The van der Waals surface area contributed by atoms with E-state index >= 15 is 0 Å². The largest absolute Gasteiger partial charge is 0.547 e. The maximum atomic E-state index is 7.45. The highest BCUT2D eigenvalue weighted by molar-refractivity contribution is 6.71. The molecule has 9 unspecified atom stereocenters. The normalized spacial score (nSPS) is 40.8. The predicted octanol–water partition coefficient (Wildman–Crippen LogP) is 10.0. The molecule has 0 bridgehead atoms. The molecule has 4 aliphatic carbocycles. The van der Waals surface area contributed by atoms with Crippen molar-refractivity contribution in [2.45, 2.75) is 162 Å². The first-order chi connectivity index (χ1) is 18.4. The van der Waals surface area contributed by atoms with E-state index in [0.717, 1.165) is 12.3 Å². The lowest BCUT2D eigenvalue weighted by atomic mass is 9.46. The molecule has 4 aliphatic rings. The van der Waals surface area contributed by atoms with Crippen LogP contribution < -0.4 is 0 Å². The first-order valence-corrected chi connectivity index (χ1v) is 30.5. The van der Waals surface area contributed by atoms with Crippen LogP contribution in [0.1, 0.15) is 65.7 Å². The molecule has 0 aromatic carbocycles. The van der Waals surface area contributed by atoms with Crippen LogP contribution in [0.4, 0.5) is 0 Å². The third-order valence-corrected chi connectivity index (χ3v) is 14.8. The summed E-state index contributed by atoms with van der Waals surface area (Å²) in [6, 6.07) is 0. The van der Waals surface area contributed by atoms with Gasteiger partial charge in [0.15, 0.2) is 25.0 Å². The SMILES string of the molecule is CC(O[Si](C)(C)C)C1(O[Si](C)(C)C)CCC2C3CCC4CC(O[Si](C)(C)C)CCC4(C)C3C(O[Si](C)(C)C)=CC21C. The Balaban J connectivity index is 1.81. The summed E-state index contributed by atoms with van der Waals surface area (Å²) >= 11 is 0. The van der Waals surface area contributed by atoms with Crippen LogP contribution in [0.25, 0.3) is 0 Å². The molecule has 0 amide bonds. The fourth-order valence-electron chi connectivity index (χ4n) is 9.89. The van der Waals surface area contributed by atoms with Gasteiger partial charge in [-0.1, -0.05) is 13.8 Å². The lowest BCUT2D eigenvalue weighted by Gasteiger charge is -2.62. The zero-order chi connectivity index (χ0) is 31.0. The Morgan fingerprint density at radius 3 is 1.93 bits per heavy atom. The first-order valence-electron chi connectivity index (χ1n) is 16.9. The van der Waals surface area contributed by atoms with Crippen LogP contribution in [0.2, 0.25) is 78.6 Å². The minimum absolute atomic E-state index is 0.0675. The fraction of sp³-hybridized carbons (Fsp3) is 0.939. The van der Waals surface area contributed by atoms with Gasteiger partial charge in [0.25, 0.3) is 0 Å². The van der Waals surface area contributed by atoms with E-state index < -0.39 is 33.3 Å². The number of hydrogen-bond donors (Lipinski definition) is 0. The molecule has 0 spiro atoms. The van der Waals surface area contributed by atoms with Crippen LogP contribution in [0.15, 0.2) is 11.8 Å². The van der Waals surface area contributed by atoms with Crippen LogP contribution >= 0.6 is 0 Å². The molecule has 238 valence electrons. The van der Waals surface area contributed by atoms with Gasteiger partial charge in [0.1, 0.15) is 0 Å². The van der Waals surface area contributed by atoms with Crippen LogP contribution in [-0.4, -0.2) is 51.1 Å². The Morgan fingerprint density at radius 1 is 0.756 bits per heavy atom. The van der Waals surface area contributed by atoms with E-state index in [1.54, 1.807) is 0 Å². The van der Waals surface area contributed by atoms with E-state index in [2.05, 4.69) is 105 Å². The maximum Gasteiger partial charge on any atom is 0.241 e. The van der Waals surface area contributed by atoms with Gasteiger partial charge in [0.2, 0.25) is 8.32 Å². The van der Waals surface area contributed by atoms with E-state index in [-0.39, 0.29) is 22.5 Å². The van der Waals surface area contributed by atoms with Crippen molar-refractivity contribution in [3.63, 3.8) is 0 Å². The van der Waals surface area contributed by atoms with E-state index in [4.69, 9.17) is 17.7 Å². The van der Waals surface area contributed by atoms with Gasteiger partial charge in [0.05, 0.1) is 17.5 Å².